The second kappa shape index (κ2) is 6.18. The van der Waals surface area contributed by atoms with Gasteiger partial charge < -0.3 is 4.74 Å². The lowest BCUT2D eigenvalue weighted by atomic mass is 10.1. The Morgan fingerprint density at radius 1 is 1.05 bits per heavy atom. The van der Waals surface area contributed by atoms with Gasteiger partial charge in [-0.2, -0.15) is 0 Å². The molecule has 2 aromatic carbocycles. The Bertz CT molecular complexity index is 725. The monoisotopic (exact) mass is 305 g/mol. The van der Waals surface area contributed by atoms with E-state index in [9.17, 15) is 8.42 Å². The molecule has 2 aromatic rings. The molecule has 0 aromatic heterocycles. The van der Waals surface area contributed by atoms with Crippen molar-refractivity contribution in [1.82, 2.24) is 0 Å². The molecule has 0 aliphatic heterocycles. The summed E-state index contributed by atoms with van der Waals surface area (Å²) in [5, 5.41) is 0. The quantitative estimate of drug-likeness (QED) is 0.922. The number of sulfonamides is 1. The first-order valence-electron chi connectivity index (χ1n) is 6.61. The zero-order valence-corrected chi connectivity index (χ0v) is 13.2. The number of nitrogens with one attached hydrogen (secondary N) is 1. The van der Waals surface area contributed by atoms with Crippen molar-refractivity contribution >= 4 is 15.7 Å². The molecule has 1 N–H and O–H groups in total. The molecule has 0 saturated carbocycles. The van der Waals surface area contributed by atoms with E-state index in [2.05, 4.69) is 4.72 Å². The number of hydrogen-bond acceptors (Lipinski definition) is 3. The lowest BCUT2D eigenvalue weighted by Crippen LogP contribution is -2.16. The van der Waals surface area contributed by atoms with Crippen LogP contribution in [-0.2, 0) is 15.8 Å². The molecule has 2 rings (SSSR count). The predicted octanol–water partition coefficient (Wildman–Crippen LogP) is 3.25. The van der Waals surface area contributed by atoms with Crippen molar-refractivity contribution in [2.24, 2.45) is 0 Å². The minimum atomic E-state index is -3.44. The van der Waals surface area contributed by atoms with Crippen LogP contribution >= 0.6 is 0 Å². The molecule has 0 atom stereocenters. The van der Waals surface area contributed by atoms with Crippen LogP contribution in [0.1, 0.15) is 16.7 Å². The van der Waals surface area contributed by atoms with Crippen molar-refractivity contribution in [3.63, 3.8) is 0 Å². The number of anilines is 1. The standard InChI is InChI=1S/C16H19NO3S/c1-12-10-16(20-3)13(2)9-15(12)17-21(18,19)11-14-7-5-4-6-8-14/h4-10,17H,11H2,1-3H3. The zero-order chi connectivity index (χ0) is 15.5. The molecule has 4 nitrogen and oxygen atoms in total. The Labute approximate surface area is 125 Å². The molecular formula is C16H19NO3S. The van der Waals surface area contributed by atoms with E-state index >= 15 is 0 Å². The Balaban J connectivity index is 2.23. The molecule has 21 heavy (non-hydrogen) atoms. The smallest absolute Gasteiger partial charge is 0.236 e. The molecule has 0 radical (unpaired) electrons. The number of rotatable bonds is 5. The van der Waals surface area contributed by atoms with Gasteiger partial charge in [-0.15, -0.1) is 0 Å². The molecule has 0 aliphatic carbocycles. The van der Waals surface area contributed by atoms with Gasteiger partial charge in [0, 0.05) is 0 Å². The largest absolute Gasteiger partial charge is 0.496 e. The summed E-state index contributed by atoms with van der Waals surface area (Å²) in [5.74, 6) is 0.705. The van der Waals surface area contributed by atoms with Crippen molar-refractivity contribution in [2.45, 2.75) is 19.6 Å². The van der Waals surface area contributed by atoms with Crippen molar-refractivity contribution in [1.29, 1.82) is 0 Å². The van der Waals surface area contributed by atoms with E-state index in [4.69, 9.17) is 4.74 Å². The molecule has 0 heterocycles. The highest BCUT2D eigenvalue weighted by Crippen LogP contribution is 2.27. The van der Waals surface area contributed by atoms with Crippen molar-refractivity contribution in [2.75, 3.05) is 11.8 Å². The van der Waals surface area contributed by atoms with Crippen molar-refractivity contribution in [3.05, 3.63) is 59.2 Å². The normalized spacial score (nSPS) is 11.2. The fourth-order valence-corrected chi connectivity index (χ4v) is 3.38. The average molecular weight is 305 g/mol. The van der Waals surface area contributed by atoms with Gasteiger partial charge in [0.05, 0.1) is 18.6 Å². The van der Waals surface area contributed by atoms with Crippen LogP contribution < -0.4 is 9.46 Å². The van der Waals surface area contributed by atoms with E-state index < -0.39 is 10.0 Å². The highest BCUT2D eigenvalue weighted by molar-refractivity contribution is 7.91. The first-order chi connectivity index (χ1) is 9.91. The van der Waals surface area contributed by atoms with Crippen LogP contribution in [0.25, 0.3) is 0 Å². The van der Waals surface area contributed by atoms with E-state index in [-0.39, 0.29) is 5.75 Å². The summed E-state index contributed by atoms with van der Waals surface area (Å²) in [7, 11) is -1.84. The minimum absolute atomic E-state index is 0.0433. The van der Waals surface area contributed by atoms with Gasteiger partial charge in [-0.05, 0) is 42.7 Å². The fourth-order valence-electron chi connectivity index (χ4n) is 2.12. The summed E-state index contributed by atoms with van der Waals surface area (Å²) in [6, 6.07) is 12.7. The number of benzene rings is 2. The van der Waals surface area contributed by atoms with Crippen LogP contribution in [0, 0.1) is 13.8 Å². The van der Waals surface area contributed by atoms with Gasteiger partial charge in [0.15, 0.2) is 0 Å². The third kappa shape index (κ3) is 3.98. The molecule has 0 amide bonds. The Hall–Kier alpha value is -2.01. The molecule has 5 heteroatoms. The topological polar surface area (TPSA) is 55.4 Å². The zero-order valence-electron chi connectivity index (χ0n) is 12.4. The predicted molar refractivity (Wildman–Crippen MR) is 85.2 cm³/mol. The summed E-state index contributed by atoms with van der Waals surface area (Å²) >= 11 is 0. The molecule has 0 saturated heterocycles. The highest BCUT2D eigenvalue weighted by Gasteiger charge is 2.14. The second-order valence-electron chi connectivity index (χ2n) is 4.98. The number of hydrogen-bond donors (Lipinski definition) is 1. The van der Waals surface area contributed by atoms with Crippen LogP contribution in [0.2, 0.25) is 0 Å². The molecule has 0 aliphatic rings. The Morgan fingerprint density at radius 2 is 1.71 bits per heavy atom. The van der Waals surface area contributed by atoms with Crippen LogP contribution in [0.3, 0.4) is 0 Å². The third-order valence-electron chi connectivity index (χ3n) is 3.21. The average Bonchev–Trinajstić information content (AvgIpc) is 2.42. The highest BCUT2D eigenvalue weighted by atomic mass is 32.2. The van der Waals surface area contributed by atoms with Crippen LogP contribution in [0.15, 0.2) is 42.5 Å². The maximum atomic E-state index is 12.2. The number of aryl methyl sites for hydroxylation is 2. The van der Waals surface area contributed by atoms with E-state index in [1.807, 2.05) is 38.1 Å². The van der Waals surface area contributed by atoms with Gasteiger partial charge in [-0.1, -0.05) is 30.3 Å². The number of ether oxygens (including phenoxy) is 1. The first kappa shape index (κ1) is 15.4. The summed E-state index contributed by atoms with van der Waals surface area (Å²) in [4.78, 5) is 0. The van der Waals surface area contributed by atoms with Crippen molar-refractivity contribution in [3.8, 4) is 5.75 Å². The molecule has 0 fully saturated rings. The lowest BCUT2D eigenvalue weighted by Gasteiger charge is -2.13. The molecule has 112 valence electrons. The minimum Gasteiger partial charge on any atom is -0.496 e. The summed E-state index contributed by atoms with van der Waals surface area (Å²) in [6.07, 6.45) is 0. The number of methoxy groups -OCH3 is 1. The molecule has 0 bridgehead atoms. The summed E-state index contributed by atoms with van der Waals surface area (Å²) in [5.41, 5.74) is 3.06. The maximum Gasteiger partial charge on any atom is 0.236 e. The fraction of sp³-hybridized carbons (Fsp3) is 0.250. The van der Waals surface area contributed by atoms with Gasteiger partial charge in [0.2, 0.25) is 10.0 Å². The van der Waals surface area contributed by atoms with Crippen LogP contribution in [0.4, 0.5) is 5.69 Å². The van der Waals surface area contributed by atoms with Gasteiger partial charge in [0.1, 0.15) is 5.75 Å². The van der Waals surface area contributed by atoms with Crippen LogP contribution in [-0.4, -0.2) is 15.5 Å². The lowest BCUT2D eigenvalue weighted by molar-refractivity contribution is 0.411. The van der Waals surface area contributed by atoms with Gasteiger partial charge in [-0.3, -0.25) is 4.72 Å². The Kier molecular flexibility index (Phi) is 4.53. The third-order valence-corrected chi connectivity index (χ3v) is 4.45. The summed E-state index contributed by atoms with van der Waals surface area (Å²) in [6.45, 7) is 3.73. The molecule has 0 spiro atoms. The summed E-state index contributed by atoms with van der Waals surface area (Å²) < 4.78 is 32.4. The van der Waals surface area contributed by atoms with E-state index in [0.29, 0.717) is 5.69 Å². The van der Waals surface area contributed by atoms with Crippen molar-refractivity contribution < 1.29 is 13.2 Å². The Morgan fingerprint density at radius 3 is 2.33 bits per heavy atom. The van der Waals surface area contributed by atoms with Gasteiger partial charge in [-0.25, -0.2) is 8.42 Å². The van der Waals surface area contributed by atoms with E-state index in [0.717, 1.165) is 22.4 Å². The van der Waals surface area contributed by atoms with Crippen LogP contribution in [0.5, 0.6) is 5.75 Å². The van der Waals surface area contributed by atoms with Gasteiger partial charge in [0.25, 0.3) is 0 Å². The van der Waals surface area contributed by atoms with Gasteiger partial charge >= 0.3 is 0 Å². The SMILES string of the molecule is COc1cc(C)c(NS(=O)(=O)Cc2ccccc2)cc1C. The van der Waals surface area contributed by atoms with E-state index in [1.54, 1.807) is 25.3 Å². The first-order valence-corrected chi connectivity index (χ1v) is 8.26. The molecular weight excluding hydrogens is 286 g/mol. The second-order valence-corrected chi connectivity index (χ2v) is 6.71. The van der Waals surface area contributed by atoms with E-state index in [1.165, 1.54) is 0 Å². The molecule has 0 unspecified atom stereocenters. The maximum absolute atomic E-state index is 12.2.